The van der Waals surface area contributed by atoms with Crippen molar-refractivity contribution >= 4 is 17.7 Å². The van der Waals surface area contributed by atoms with Crippen LogP contribution in [0.4, 0.5) is 0 Å². The van der Waals surface area contributed by atoms with Gasteiger partial charge in [0.15, 0.2) is 6.49 Å². The summed E-state index contributed by atoms with van der Waals surface area (Å²) < 4.78 is 12.9. The molecular formula is C15H28ClOP. The molecular weight excluding hydrogens is 263 g/mol. The van der Waals surface area contributed by atoms with Crippen LogP contribution in [0.15, 0.2) is 0 Å². The van der Waals surface area contributed by atoms with E-state index in [1.807, 2.05) is 0 Å². The van der Waals surface area contributed by atoms with Crippen LogP contribution in [0.2, 0.25) is 0 Å². The van der Waals surface area contributed by atoms with Crippen molar-refractivity contribution < 1.29 is 4.57 Å². The fourth-order valence-electron chi connectivity index (χ4n) is 3.96. The van der Waals surface area contributed by atoms with E-state index in [1.165, 1.54) is 51.4 Å². The second-order valence-electron chi connectivity index (χ2n) is 6.51. The van der Waals surface area contributed by atoms with Crippen LogP contribution >= 0.6 is 17.7 Å². The molecule has 1 unspecified atom stereocenters. The zero-order chi connectivity index (χ0) is 13.1. The zero-order valence-corrected chi connectivity index (χ0v) is 13.4. The summed E-state index contributed by atoms with van der Waals surface area (Å²) in [6, 6.07) is 0. The van der Waals surface area contributed by atoms with Crippen LogP contribution in [0.5, 0.6) is 0 Å². The molecule has 0 spiro atoms. The van der Waals surface area contributed by atoms with Gasteiger partial charge in [-0.05, 0) is 44.4 Å². The van der Waals surface area contributed by atoms with E-state index < -0.39 is 6.49 Å². The highest BCUT2D eigenvalue weighted by Crippen LogP contribution is 2.74. The van der Waals surface area contributed by atoms with Crippen molar-refractivity contribution in [3.63, 3.8) is 0 Å². The van der Waals surface area contributed by atoms with Crippen molar-refractivity contribution in [1.82, 2.24) is 0 Å². The molecule has 0 aromatic carbocycles. The molecule has 106 valence electrons. The van der Waals surface area contributed by atoms with Gasteiger partial charge in [0, 0.05) is 11.3 Å². The van der Waals surface area contributed by atoms with Crippen LogP contribution in [0.1, 0.15) is 77.6 Å². The van der Waals surface area contributed by atoms with Crippen molar-refractivity contribution in [3.05, 3.63) is 0 Å². The average molecular weight is 291 g/mol. The molecule has 2 rings (SSSR count). The number of hydrogen-bond acceptors (Lipinski definition) is 1. The predicted molar refractivity (Wildman–Crippen MR) is 81.0 cm³/mol. The van der Waals surface area contributed by atoms with E-state index in [0.29, 0.717) is 0 Å². The Morgan fingerprint density at radius 1 is 1.11 bits per heavy atom. The minimum atomic E-state index is -2.41. The summed E-state index contributed by atoms with van der Waals surface area (Å²) in [6.07, 6.45) is 14.4. The van der Waals surface area contributed by atoms with Crippen molar-refractivity contribution in [2.24, 2.45) is 5.92 Å². The van der Waals surface area contributed by atoms with Crippen molar-refractivity contribution in [1.29, 1.82) is 0 Å². The van der Waals surface area contributed by atoms with Gasteiger partial charge in [0.2, 0.25) is 0 Å². The highest BCUT2D eigenvalue weighted by Gasteiger charge is 2.54. The number of halogens is 1. The smallest absolute Gasteiger partial charge is 0.175 e. The Morgan fingerprint density at radius 3 is 2.28 bits per heavy atom. The molecule has 2 bridgehead atoms. The quantitative estimate of drug-likeness (QED) is 0.384. The molecule has 0 saturated heterocycles. The summed E-state index contributed by atoms with van der Waals surface area (Å²) in [5, 5.41) is 0.0721. The lowest BCUT2D eigenvalue weighted by Crippen LogP contribution is -2.21. The second-order valence-corrected chi connectivity index (χ2v) is 10.9. The lowest BCUT2D eigenvalue weighted by Gasteiger charge is -2.31. The number of fused-ring (bicyclic) bond motifs is 2. The lowest BCUT2D eigenvalue weighted by atomic mass is 10.0. The molecule has 3 heteroatoms. The Kier molecular flexibility index (Phi) is 5.23. The SMILES string of the molecule is CCCCCCCCP(=O)(Cl)C12CCC(CC1)C2. The molecule has 2 fully saturated rings. The maximum absolute atomic E-state index is 12.9. The highest BCUT2D eigenvalue weighted by molar-refractivity contribution is 7.90. The van der Waals surface area contributed by atoms with Gasteiger partial charge in [0.05, 0.1) is 0 Å². The van der Waals surface area contributed by atoms with Gasteiger partial charge in [-0.25, -0.2) is 0 Å². The first kappa shape index (κ1) is 14.9. The minimum Gasteiger partial charge on any atom is -0.306 e. The first-order chi connectivity index (χ1) is 8.60. The van der Waals surface area contributed by atoms with Gasteiger partial charge < -0.3 is 4.57 Å². The van der Waals surface area contributed by atoms with Gasteiger partial charge in [-0.1, -0.05) is 50.3 Å². The standard InChI is InChI=1S/C15H28ClOP/c1-2-3-4-5-6-7-12-18(16,17)15-10-8-14(13-15)9-11-15/h14H,2-13H2,1H3. The molecule has 2 saturated carbocycles. The minimum absolute atomic E-state index is 0.0721. The molecule has 0 heterocycles. The number of unbranched alkanes of at least 4 members (excludes halogenated alkanes) is 5. The fourth-order valence-corrected chi connectivity index (χ4v) is 7.60. The normalized spacial score (nSPS) is 33.8. The monoisotopic (exact) mass is 290 g/mol. The van der Waals surface area contributed by atoms with Crippen LogP contribution < -0.4 is 0 Å². The Hall–Kier alpha value is 0.520. The summed E-state index contributed by atoms with van der Waals surface area (Å²) in [7, 11) is 0. The molecule has 0 N–H and O–H groups in total. The van der Waals surface area contributed by atoms with E-state index in [4.69, 9.17) is 11.2 Å². The zero-order valence-electron chi connectivity index (χ0n) is 11.8. The Bertz CT molecular complexity index is 308. The molecule has 18 heavy (non-hydrogen) atoms. The molecule has 2 aliphatic rings. The topological polar surface area (TPSA) is 17.1 Å². The summed E-state index contributed by atoms with van der Waals surface area (Å²) in [5.74, 6) is 0.849. The van der Waals surface area contributed by atoms with Gasteiger partial charge in [0.1, 0.15) is 0 Å². The molecule has 1 atom stereocenters. The molecule has 0 aliphatic heterocycles. The van der Waals surface area contributed by atoms with Crippen LogP contribution in [-0.4, -0.2) is 11.3 Å². The highest BCUT2D eigenvalue weighted by atomic mass is 35.7. The van der Waals surface area contributed by atoms with Crippen LogP contribution in [0.3, 0.4) is 0 Å². The van der Waals surface area contributed by atoms with Gasteiger partial charge in [-0.2, -0.15) is 0 Å². The lowest BCUT2D eigenvalue weighted by molar-refractivity contribution is 0.477. The van der Waals surface area contributed by atoms with Gasteiger partial charge in [-0.3, -0.25) is 0 Å². The summed E-state index contributed by atoms with van der Waals surface area (Å²) in [4.78, 5) is 0. The van der Waals surface area contributed by atoms with E-state index in [1.54, 1.807) is 0 Å². The summed E-state index contributed by atoms with van der Waals surface area (Å²) >= 11 is 6.52. The third-order valence-corrected chi connectivity index (χ3v) is 9.73. The molecule has 0 amide bonds. The Labute approximate surface area is 117 Å². The first-order valence-corrected chi connectivity index (χ1v) is 10.7. The molecule has 1 nitrogen and oxygen atoms in total. The van der Waals surface area contributed by atoms with Crippen molar-refractivity contribution in [3.8, 4) is 0 Å². The first-order valence-electron chi connectivity index (χ1n) is 7.88. The second kappa shape index (κ2) is 6.31. The number of rotatable bonds is 8. The summed E-state index contributed by atoms with van der Waals surface area (Å²) in [5.41, 5.74) is 0. The van der Waals surface area contributed by atoms with Gasteiger partial charge >= 0.3 is 0 Å². The van der Waals surface area contributed by atoms with Crippen LogP contribution in [0, 0.1) is 5.92 Å². The summed E-state index contributed by atoms with van der Waals surface area (Å²) in [6.45, 7) is -0.174. The molecule has 2 aliphatic carbocycles. The molecule has 0 radical (unpaired) electrons. The third-order valence-electron chi connectivity index (χ3n) is 5.21. The number of hydrogen-bond donors (Lipinski definition) is 0. The maximum atomic E-state index is 12.9. The van der Waals surface area contributed by atoms with Crippen LogP contribution in [0.25, 0.3) is 0 Å². The van der Waals surface area contributed by atoms with E-state index in [2.05, 4.69) is 6.92 Å². The van der Waals surface area contributed by atoms with Crippen molar-refractivity contribution in [2.45, 2.75) is 82.7 Å². The average Bonchev–Trinajstić information content (AvgIpc) is 2.95. The van der Waals surface area contributed by atoms with Crippen LogP contribution in [-0.2, 0) is 4.57 Å². The van der Waals surface area contributed by atoms with E-state index >= 15 is 0 Å². The van der Waals surface area contributed by atoms with E-state index in [-0.39, 0.29) is 5.16 Å². The van der Waals surface area contributed by atoms with Gasteiger partial charge in [-0.15, -0.1) is 0 Å². The fraction of sp³-hybridized carbons (Fsp3) is 1.00. The van der Waals surface area contributed by atoms with E-state index in [9.17, 15) is 4.57 Å². The Morgan fingerprint density at radius 2 is 1.72 bits per heavy atom. The molecule has 0 aromatic heterocycles. The van der Waals surface area contributed by atoms with Gasteiger partial charge in [0.25, 0.3) is 0 Å². The molecule has 0 aromatic rings. The maximum Gasteiger partial charge on any atom is 0.175 e. The van der Waals surface area contributed by atoms with Crippen molar-refractivity contribution in [2.75, 3.05) is 6.16 Å². The Balaban J connectivity index is 1.72. The van der Waals surface area contributed by atoms with E-state index in [0.717, 1.165) is 31.3 Å². The third kappa shape index (κ3) is 3.15. The predicted octanol–water partition coefficient (Wildman–Crippen LogP) is 6.20. The largest absolute Gasteiger partial charge is 0.306 e.